The summed E-state index contributed by atoms with van der Waals surface area (Å²) in [6.07, 6.45) is 3.17. The van der Waals surface area contributed by atoms with Gasteiger partial charge in [-0.15, -0.1) is 5.10 Å². The number of rotatable bonds is 9. The molecule has 1 amide bonds. The smallest absolute Gasteiger partial charge is 0.278 e. The van der Waals surface area contributed by atoms with Crippen molar-refractivity contribution in [1.29, 1.82) is 0 Å². The summed E-state index contributed by atoms with van der Waals surface area (Å²) in [5.74, 6) is 1.24. The van der Waals surface area contributed by atoms with Crippen molar-refractivity contribution in [2.75, 3.05) is 19.5 Å². The van der Waals surface area contributed by atoms with Gasteiger partial charge in [-0.25, -0.2) is 14.3 Å². The van der Waals surface area contributed by atoms with E-state index >= 15 is 0 Å². The normalized spacial score (nSPS) is 10.6. The highest BCUT2D eigenvalue weighted by Crippen LogP contribution is 2.36. The van der Waals surface area contributed by atoms with Crippen LogP contribution in [0.3, 0.4) is 0 Å². The Hall–Kier alpha value is -4.05. The minimum Gasteiger partial charge on any atom is -0.493 e. The topological polar surface area (TPSA) is 105 Å². The molecule has 4 rings (SSSR count). The van der Waals surface area contributed by atoms with E-state index in [1.165, 1.54) is 11.0 Å². The Morgan fingerprint density at radius 2 is 1.73 bits per heavy atom. The molecule has 0 spiro atoms. The average molecular weight is 469 g/mol. The summed E-state index contributed by atoms with van der Waals surface area (Å²) in [7, 11) is 3.09. The minimum atomic E-state index is -0.437. The number of hydrogen-bond donors (Lipinski definition) is 1. The van der Waals surface area contributed by atoms with Crippen LogP contribution >= 0.6 is 11.6 Å². The van der Waals surface area contributed by atoms with Gasteiger partial charge in [0.05, 0.1) is 20.8 Å². The van der Waals surface area contributed by atoms with Crippen LogP contribution in [0.2, 0.25) is 5.02 Å². The van der Waals surface area contributed by atoms with Crippen LogP contribution in [0, 0.1) is 0 Å². The molecule has 0 saturated carbocycles. The number of methoxy groups -OCH3 is 2. The quantitative estimate of drug-likeness (QED) is 0.401. The lowest BCUT2D eigenvalue weighted by Gasteiger charge is -2.13. The number of benzene rings is 2. The summed E-state index contributed by atoms with van der Waals surface area (Å²) in [6, 6.07) is 14.3. The van der Waals surface area contributed by atoms with Crippen LogP contribution in [-0.4, -0.2) is 44.7 Å². The van der Waals surface area contributed by atoms with E-state index in [0.717, 1.165) is 5.56 Å². The van der Waals surface area contributed by atoms with Gasteiger partial charge in [0.2, 0.25) is 11.7 Å². The van der Waals surface area contributed by atoms with Crippen molar-refractivity contribution in [3.63, 3.8) is 0 Å². The van der Waals surface area contributed by atoms with Crippen LogP contribution in [0.5, 0.6) is 17.2 Å². The van der Waals surface area contributed by atoms with E-state index in [9.17, 15) is 4.79 Å². The zero-order valence-electron chi connectivity index (χ0n) is 17.9. The summed E-state index contributed by atoms with van der Waals surface area (Å²) in [4.78, 5) is 16.7. The molecule has 170 valence electrons. The van der Waals surface area contributed by atoms with E-state index in [-0.39, 0.29) is 18.4 Å². The molecule has 2 heterocycles. The third-order valence-electron chi connectivity index (χ3n) is 4.62. The van der Waals surface area contributed by atoms with Gasteiger partial charge in [-0.2, -0.15) is 5.10 Å². The van der Waals surface area contributed by atoms with Gasteiger partial charge in [0.1, 0.15) is 6.33 Å². The molecular weight excluding hydrogens is 448 g/mol. The molecule has 33 heavy (non-hydrogen) atoms. The van der Waals surface area contributed by atoms with Crippen molar-refractivity contribution in [2.24, 2.45) is 0 Å². The van der Waals surface area contributed by atoms with E-state index in [0.29, 0.717) is 28.8 Å². The molecule has 0 aliphatic heterocycles. The molecule has 4 aromatic rings. The lowest BCUT2D eigenvalue weighted by Crippen LogP contribution is -2.15. The summed E-state index contributed by atoms with van der Waals surface area (Å²) in [6.45, 7) is 0.552. The standard InChI is InChI=1S/C22H21ClN6O4/c1-31-18-4-3-5-19(32-2)20(18)33-14-28-11-10-17(26-28)21(30)25-22-24-13-29(27-22)12-15-6-8-16(23)9-7-15/h3-11,13H,12,14H2,1-2H3,(H,25,27,30). The fourth-order valence-electron chi connectivity index (χ4n) is 3.02. The number of para-hydroxylation sites is 1. The van der Waals surface area contributed by atoms with Crippen molar-refractivity contribution in [1.82, 2.24) is 24.5 Å². The molecule has 2 aromatic carbocycles. The fourth-order valence-corrected chi connectivity index (χ4v) is 3.14. The maximum atomic E-state index is 12.5. The van der Waals surface area contributed by atoms with Crippen LogP contribution in [0.15, 0.2) is 61.1 Å². The Kier molecular flexibility index (Phi) is 6.75. The van der Waals surface area contributed by atoms with Crippen LogP contribution in [0.4, 0.5) is 5.95 Å². The second-order valence-corrected chi connectivity index (χ2v) is 7.29. The van der Waals surface area contributed by atoms with Crippen molar-refractivity contribution >= 4 is 23.5 Å². The molecule has 11 heteroatoms. The Balaban J connectivity index is 1.36. The molecule has 0 fully saturated rings. The average Bonchev–Trinajstić information content (AvgIpc) is 3.48. The van der Waals surface area contributed by atoms with E-state index < -0.39 is 5.91 Å². The highest BCUT2D eigenvalue weighted by Gasteiger charge is 2.15. The second-order valence-electron chi connectivity index (χ2n) is 6.85. The SMILES string of the molecule is COc1cccc(OC)c1OCn1ccc(C(=O)Nc2ncn(Cc3ccc(Cl)cc3)n2)n1. The predicted octanol–water partition coefficient (Wildman–Crippen LogP) is 3.48. The van der Waals surface area contributed by atoms with Crippen LogP contribution in [0.25, 0.3) is 0 Å². The first-order valence-electron chi connectivity index (χ1n) is 9.88. The number of amides is 1. The number of nitrogens with one attached hydrogen (secondary N) is 1. The maximum Gasteiger partial charge on any atom is 0.278 e. The van der Waals surface area contributed by atoms with Gasteiger partial charge < -0.3 is 14.2 Å². The molecule has 2 aromatic heterocycles. The Morgan fingerprint density at radius 1 is 1.00 bits per heavy atom. The molecule has 0 radical (unpaired) electrons. The third kappa shape index (κ3) is 5.42. The first kappa shape index (κ1) is 22.2. The van der Waals surface area contributed by atoms with Crippen LogP contribution < -0.4 is 19.5 Å². The molecule has 0 atom stereocenters. The second kappa shape index (κ2) is 10.0. The number of carbonyl (C=O) groups excluding carboxylic acids is 1. The van der Waals surface area contributed by atoms with Crippen molar-refractivity contribution in [3.8, 4) is 17.2 Å². The fraction of sp³-hybridized carbons (Fsp3) is 0.182. The number of carbonyl (C=O) groups is 1. The van der Waals surface area contributed by atoms with Crippen molar-refractivity contribution in [2.45, 2.75) is 13.3 Å². The molecule has 0 bridgehead atoms. The number of halogens is 1. The summed E-state index contributed by atoms with van der Waals surface area (Å²) < 4.78 is 19.5. The molecular formula is C22H21ClN6O4. The van der Waals surface area contributed by atoms with Gasteiger partial charge in [-0.3, -0.25) is 10.1 Å². The van der Waals surface area contributed by atoms with Crippen LogP contribution in [0.1, 0.15) is 16.1 Å². The summed E-state index contributed by atoms with van der Waals surface area (Å²) in [5.41, 5.74) is 1.20. The summed E-state index contributed by atoms with van der Waals surface area (Å²) in [5, 5.41) is 11.8. The van der Waals surface area contributed by atoms with Gasteiger partial charge >= 0.3 is 0 Å². The molecule has 0 aliphatic rings. The highest BCUT2D eigenvalue weighted by molar-refractivity contribution is 6.30. The van der Waals surface area contributed by atoms with Gasteiger partial charge in [0.25, 0.3) is 5.91 Å². The van der Waals surface area contributed by atoms with Gasteiger partial charge in [0, 0.05) is 11.2 Å². The number of ether oxygens (including phenoxy) is 3. The Morgan fingerprint density at radius 3 is 2.42 bits per heavy atom. The monoisotopic (exact) mass is 468 g/mol. The molecule has 10 nitrogen and oxygen atoms in total. The van der Waals surface area contributed by atoms with Crippen molar-refractivity contribution < 1.29 is 19.0 Å². The Bertz CT molecular complexity index is 1220. The van der Waals surface area contributed by atoms with Crippen LogP contribution in [-0.2, 0) is 13.3 Å². The summed E-state index contributed by atoms with van der Waals surface area (Å²) >= 11 is 5.91. The Labute approximate surface area is 194 Å². The molecule has 1 N–H and O–H groups in total. The van der Waals surface area contributed by atoms with E-state index in [1.807, 2.05) is 12.1 Å². The first-order valence-corrected chi connectivity index (χ1v) is 10.3. The number of anilines is 1. The number of aromatic nitrogens is 5. The largest absolute Gasteiger partial charge is 0.493 e. The zero-order chi connectivity index (χ0) is 23.2. The first-order chi connectivity index (χ1) is 16.1. The predicted molar refractivity (Wildman–Crippen MR) is 121 cm³/mol. The lowest BCUT2D eigenvalue weighted by molar-refractivity contribution is 0.101. The maximum absolute atomic E-state index is 12.5. The van der Waals surface area contributed by atoms with Gasteiger partial charge in [-0.05, 0) is 35.9 Å². The molecule has 0 saturated heterocycles. The minimum absolute atomic E-state index is 0.0536. The zero-order valence-corrected chi connectivity index (χ0v) is 18.7. The van der Waals surface area contributed by atoms with E-state index in [4.69, 9.17) is 25.8 Å². The van der Waals surface area contributed by atoms with Crippen molar-refractivity contribution in [3.05, 3.63) is 77.3 Å². The third-order valence-corrected chi connectivity index (χ3v) is 4.87. The number of hydrogen-bond acceptors (Lipinski definition) is 7. The van der Waals surface area contributed by atoms with E-state index in [1.54, 1.807) is 61.5 Å². The number of nitrogens with zero attached hydrogens (tertiary/aromatic N) is 5. The van der Waals surface area contributed by atoms with Gasteiger partial charge in [-0.1, -0.05) is 29.8 Å². The molecule has 0 unspecified atom stereocenters. The molecule has 0 aliphatic carbocycles. The van der Waals surface area contributed by atoms with Gasteiger partial charge in [0.15, 0.2) is 23.9 Å². The van der Waals surface area contributed by atoms with E-state index in [2.05, 4.69) is 20.5 Å². The lowest BCUT2D eigenvalue weighted by atomic mass is 10.2. The highest BCUT2D eigenvalue weighted by atomic mass is 35.5.